The third-order valence-electron chi connectivity index (χ3n) is 5.90. The maximum absolute atomic E-state index is 13.6. The molecule has 0 aliphatic rings. The first-order valence-corrected chi connectivity index (χ1v) is 11.7. The maximum Gasteiger partial charge on any atom is 0.416 e. The van der Waals surface area contributed by atoms with Crippen LogP contribution in [-0.2, 0) is 11.0 Å². The van der Waals surface area contributed by atoms with Crippen molar-refractivity contribution in [2.75, 3.05) is 11.2 Å². The van der Waals surface area contributed by atoms with Crippen LogP contribution in [0.3, 0.4) is 0 Å². The molecular weight excluding hydrogens is 519 g/mol. The van der Waals surface area contributed by atoms with Gasteiger partial charge in [0.15, 0.2) is 5.65 Å². The highest BCUT2D eigenvalue weighted by Crippen LogP contribution is 2.38. The summed E-state index contributed by atoms with van der Waals surface area (Å²) in [5, 5.41) is 20.3. The van der Waals surface area contributed by atoms with E-state index in [2.05, 4.69) is 26.6 Å². The highest BCUT2D eigenvalue weighted by Gasteiger charge is 2.31. The number of pyridine rings is 1. The Morgan fingerprint density at radius 1 is 1.16 bits per heavy atom. The topological polar surface area (TPSA) is 101 Å². The number of benzene rings is 2. The van der Waals surface area contributed by atoms with E-state index < -0.39 is 17.6 Å². The quantitative estimate of drug-likeness (QED) is 0.294. The zero-order valence-corrected chi connectivity index (χ0v) is 20.4. The van der Waals surface area contributed by atoms with Crippen LogP contribution in [-0.4, -0.2) is 36.2 Å². The van der Waals surface area contributed by atoms with Gasteiger partial charge in [0.2, 0.25) is 11.9 Å². The first-order chi connectivity index (χ1) is 18.2. The molecule has 2 aromatic carbocycles. The number of anilines is 1. The second-order valence-electron chi connectivity index (χ2n) is 8.29. The number of alkyl halides is 4. The number of aromatic nitrogens is 5. The molecule has 0 bridgehead atoms. The summed E-state index contributed by atoms with van der Waals surface area (Å²) in [6.45, 7) is 1.77. The number of nitriles is 1. The Kier molecular flexibility index (Phi) is 6.34. The molecule has 12 heteroatoms. The normalized spacial score (nSPS) is 11.5. The lowest BCUT2D eigenvalue weighted by Gasteiger charge is -2.16. The van der Waals surface area contributed by atoms with Gasteiger partial charge in [-0.1, -0.05) is 12.1 Å². The number of nitrogens with zero attached hydrogens (tertiary/aromatic N) is 6. The average molecular weight is 536 g/mol. The minimum absolute atomic E-state index is 0.0407. The fourth-order valence-corrected chi connectivity index (χ4v) is 4.23. The molecule has 8 nitrogen and oxygen atoms in total. The molecule has 0 fully saturated rings. The second kappa shape index (κ2) is 9.64. The molecule has 5 aromatic rings. The van der Waals surface area contributed by atoms with E-state index in [1.165, 1.54) is 10.6 Å². The summed E-state index contributed by atoms with van der Waals surface area (Å²) < 4.78 is 43.7. The SMILES string of the molecule is Cc1c(-c2ccnn2-c2ccc(C#N)cc2)cn2nc(NC(=O)CCl)nc2c1-c1cccc(C(F)(F)F)c1. The summed E-state index contributed by atoms with van der Waals surface area (Å²) in [5.74, 6) is -0.885. The van der Waals surface area contributed by atoms with Crippen molar-refractivity contribution in [3.8, 4) is 34.1 Å². The Balaban J connectivity index is 1.75. The molecule has 0 radical (unpaired) electrons. The highest BCUT2D eigenvalue weighted by atomic mass is 35.5. The molecule has 1 N–H and O–H groups in total. The van der Waals surface area contributed by atoms with Crippen LogP contribution in [0, 0.1) is 18.3 Å². The van der Waals surface area contributed by atoms with Gasteiger partial charge < -0.3 is 0 Å². The van der Waals surface area contributed by atoms with E-state index in [1.54, 1.807) is 60.4 Å². The van der Waals surface area contributed by atoms with Crippen LogP contribution < -0.4 is 5.32 Å². The third kappa shape index (κ3) is 4.57. The van der Waals surface area contributed by atoms with Gasteiger partial charge in [-0.3, -0.25) is 10.1 Å². The van der Waals surface area contributed by atoms with Crippen LogP contribution in [0.15, 0.2) is 67.0 Å². The van der Waals surface area contributed by atoms with E-state index in [4.69, 9.17) is 16.9 Å². The molecule has 3 aromatic heterocycles. The minimum Gasteiger partial charge on any atom is -0.292 e. The second-order valence-corrected chi connectivity index (χ2v) is 8.56. The molecule has 0 saturated carbocycles. The number of hydrogen-bond acceptors (Lipinski definition) is 5. The van der Waals surface area contributed by atoms with Gasteiger partial charge in [0.05, 0.1) is 34.8 Å². The summed E-state index contributed by atoms with van der Waals surface area (Å²) >= 11 is 5.59. The first kappa shape index (κ1) is 25.0. The Morgan fingerprint density at radius 2 is 1.92 bits per heavy atom. The standard InChI is InChI=1S/C26H17ClF3N7O/c1-15-20(21-9-10-32-37(21)19-7-5-16(13-31)6-8-19)14-36-24(34-25(35-36)33-22(38)12-27)23(15)17-3-2-4-18(11-17)26(28,29)30/h2-11,14H,12H2,1H3,(H,33,35,38). The molecule has 0 saturated heterocycles. The van der Waals surface area contributed by atoms with Crippen molar-refractivity contribution >= 4 is 29.1 Å². The molecular formula is C26H17ClF3N7O. The zero-order chi connectivity index (χ0) is 27.0. The van der Waals surface area contributed by atoms with Gasteiger partial charge in [-0.2, -0.15) is 28.5 Å². The van der Waals surface area contributed by atoms with Gasteiger partial charge in [-0.25, -0.2) is 9.20 Å². The summed E-state index contributed by atoms with van der Waals surface area (Å²) in [5.41, 5.74) is 3.15. The van der Waals surface area contributed by atoms with E-state index in [-0.39, 0.29) is 23.0 Å². The van der Waals surface area contributed by atoms with Crippen molar-refractivity contribution in [1.82, 2.24) is 24.4 Å². The molecule has 1 amide bonds. The number of halogens is 4. The molecule has 190 valence electrons. The van der Waals surface area contributed by atoms with Gasteiger partial charge in [-0.15, -0.1) is 16.7 Å². The number of carbonyl (C=O) groups is 1. The highest BCUT2D eigenvalue weighted by molar-refractivity contribution is 6.28. The maximum atomic E-state index is 13.6. The lowest BCUT2D eigenvalue weighted by molar-refractivity contribution is -0.137. The van der Waals surface area contributed by atoms with Crippen LogP contribution in [0.5, 0.6) is 0 Å². The van der Waals surface area contributed by atoms with Gasteiger partial charge in [-0.05, 0) is 60.5 Å². The summed E-state index contributed by atoms with van der Waals surface area (Å²) in [4.78, 5) is 16.2. The molecule has 3 heterocycles. The predicted octanol–water partition coefficient (Wildman–Crippen LogP) is 5.63. The number of amides is 1. The number of fused-ring (bicyclic) bond motifs is 1. The Bertz CT molecular complexity index is 1720. The van der Waals surface area contributed by atoms with Crippen molar-refractivity contribution < 1.29 is 18.0 Å². The molecule has 0 aliphatic carbocycles. The number of nitrogens with one attached hydrogen (secondary N) is 1. The van der Waals surface area contributed by atoms with Crippen molar-refractivity contribution in [1.29, 1.82) is 5.26 Å². The average Bonchev–Trinajstić information content (AvgIpc) is 3.54. The summed E-state index contributed by atoms with van der Waals surface area (Å²) in [7, 11) is 0. The lowest BCUT2D eigenvalue weighted by Crippen LogP contribution is -2.13. The molecule has 0 atom stereocenters. The Morgan fingerprint density at radius 3 is 2.61 bits per heavy atom. The largest absolute Gasteiger partial charge is 0.416 e. The van der Waals surface area contributed by atoms with Crippen LogP contribution in [0.25, 0.3) is 33.7 Å². The van der Waals surface area contributed by atoms with Crippen LogP contribution >= 0.6 is 11.6 Å². The number of rotatable bonds is 5. The van der Waals surface area contributed by atoms with Crippen molar-refractivity contribution in [3.63, 3.8) is 0 Å². The van der Waals surface area contributed by atoms with Gasteiger partial charge in [0.1, 0.15) is 5.88 Å². The van der Waals surface area contributed by atoms with Gasteiger partial charge >= 0.3 is 6.18 Å². The number of carbonyl (C=O) groups excluding carboxylic acids is 1. The van der Waals surface area contributed by atoms with E-state index in [0.29, 0.717) is 33.6 Å². The van der Waals surface area contributed by atoms with Crippen molar-refractivity contribution in [2.24, 2.45) is 0 Å². The molecule has 38 heavy (non-hydrogen) atoms. The van der Waals surface area contributed by atoms with Crippen LogP contribution in [0.4, 0.5) is 19.1 Å². The van der Waals surface area contributed by atoms with E-state index >= 15 is 0 Å². The third-order valence-corrected chi connectivity index (χ3v) is 6.14. The predicted molar refractivity (Wildman–Crippen MR) is 135 cm³/mol. The van der Waals surface area contributed by atoms with E-state index in [9.17, 15) is 18.0 Å². The monoisotopic (exact) mass is 535 g/mol. The fraction of sp³-hybridized carbons (Fsp3) is 0.115. The van der Waals surface area contributed by atoms with Crippen LogP contribution in [0.2, 0.25) is 0 Å². The molecule has 0 aliphatic heterocycles. The lowest BCUT2D eigenvalue weighted by atomic mass is 9.95. The first-order valence-electron chi connectivity index (χ1n) is 11.2. The fourth-order valence-electron chi connectivity index (χ4n) is 4.16. The van der Waals surface area contributed by atoms with Crippen molar-refractivity contribution in [3.05, 3.63) is 83.7 Å². The molecule has 0 unspecified atom stereocenters. The number of hydrogen-bond donors (Lipinski definition) is 1. The summed E-state index contributed by atoms with van der Waals surface area (Å²) in [6, 6.07) is 15.6. The van der Waals surface area contributed by atoms with E-state index in [0.717, 1.165) is 12.1 Å². The minimum atomic E-state index is -4.54. The Labute approximate surface area is 218 Å². The van der Waals surface area contributed by atoms with Gasteiger partial charge in [0.25, 0.3) is 0 Å². The van der Waals surface area contributed by atoms with E-state index in [1.807, 2.05) is 0 Å². The zero-order valence-electron chi connectivity index (χ0n) is 19.7. The van der Waals surface area contributed by atoms with Gasteiger partial charge in [0, 0.05) is 17.3 Å². The Hall–Kier alpha value is -4.69. The van der Waals surface area contributed by atoms with Crippen molar-refractivity contribution in [2.45, 2.75) is 13.1 Å². The summed E-state index contributed by atoms with van der Waals surface area (Å²) in [6.07, 6.45) is -1.28. The smallest absolute Gasteiger partial charge is 0.292 e. The molecule has 0 spiro atoms. The molecule has 5 rings (SSSR count). The van der Waals surface area contributed by atoms with Crippen LogP contribution in [0.1, 0.15) is 16.7 Å².